The summed E-state index contributed by atoms with van der Waals surface area (Å²) in [6.07, 6.45) is -0.553. The van der Waals surface area contributed by atoms with Gasteiger partial charge in [-0.15, -0.1) is 0 Å². The summed E-state index contributed by atoms with van der Waals surface area (Å²) in [5.41, 5.74) is 1.02. The van der Waals surface area contributed by atoms with Gasteiger partial charge >= 0.3 is 6.18 Å². The number of pyridine rings is 1. The van der Waals surface area contributed by atoms with Gasteiger partial charge in [-0.1, -0.05) is 23.7 Å². The lowest BCUT2D eigenvalue weighted by molar-refractivity contribution is -0.137. The summed E-state index contributed by atoms with van der Waals surface area (Å²) in [6, 6.07) is 6.84. The van der Waals surface area contributed by atoms with Crippen LogP contribution in [0.1, 0.15) is 22.7 Å². The number of halogens is 4. The first kappa shape index (κ1) is 15.8. The van der Waals surface area contributed by atoms with Gasteiger partial charge in [-0.05, 0) is 42.8 Å². The second kappa shape index (κ2) is 6.45. The first-order chi connectivity index (χ1) is 9.91. The first-order valence-corrected chi connectivity index (χ1v) is 6.72. The second-order valence-electron chi connectivity index (χ2n) is 4.63. The highest BCUT2D eigenvalue weighted by Gasteiger charge is 2.30. The number of nitrogens with one attached hydrogen (secondary N) is 1. The summed E-state index contributed by atoms with van der Waals surface area (Å²) in [7, 11) is 1.76. The summed E-state index contributed by atoms with van der Waals surface area (Å²) in [6.45, 7) is 0. The van der Waals surface area contributed by atoms with Gasteiger partial charge in [0, 0.05) is 18.4 Å². The molecule has 0 fully saturated rings. The molecule has 21 heavy (non-hydrogen) atoms. The van der Waals surface area contributed by atoms with Gasteiger partial charge in [0.1, 0.15) is 0 Å². The van der Waals surface area contributed by atoms with Crippen molar-refractivity contribution in [3.8, 4) is 0 Å². The molecule has 0 spiro atoms. The number of likely N-dealkylation sites (N-methyl/N-ethyl adjacent to an activating group) is 1. The molecule has 1 unspecified atom stereocenters. The Morgan fingerprint density at radius 1 is 1.19 bits per heavy atom. The molecule has 0 saturated heterocycles. The standard InChI is InChI=1S/C15H14ClF3N2/c1-20-14(8-11-6-7-21-9-13(11)16)10-2-4-12(5-3-10)15(17,18)19/h2-7,9,14,20H,8H2,1H3. The third-order valence-corrected chi connectivity index (χ3v) is 3.61. The van der Waals surface area contributed by atoms with E-state index >= 15 is 0 Å². The highest BCUT2D eigenvalue weighted by atomic mass is 35.5. The SMILES string of the molecule is CNC(Cc1ccncc1Cl)c1ccc(C(F)(F)F)cc1. The van der Waals surface area contributed by atoms with Gasteiger partial charge in [-0.2, -0.15) is 13.2 Å². The van der Waals surface area contributed by atoms with E-state index in [0.717, 1.165) is 23.3 Å². The van der Waals surface area contributed by atoms with Crippen LogP contribution < -0.4 is 5.32 Å². The summed E-state index contributed by atoms with van der Waals surface area (Å²) < 4.78 is 37.7. The summed E-state index contributed by atoms with van der Waals surface area (Å²) in [5, 5.41) is 3.64. The van der Waals surface area contributed by atoms with E-state index in [9.17, 15) is 13.2 Å². The van der Waals surface area contributed by atoms with Gasteiger partial charge < -0.3 is 5.32 Å². The van der Waals surface area contributed by atoms with Crippen LogP contribution in [0.3, 0.4) is 0 Å². The molecule has 1 heterocycles. The van der Waals surface area contributed by atoms with Crippen LogP contribution in [0.5, 0.6) is 0 Å². The van der Waals surface area contributed by atoms with Crippen molar-refractivity contribution in [1.82, 2.24) is 10.3 Å². The van der Waals surface area contributed by atoms with Crippen LogP contribution in [0.4, 0.5) is 13.2 Å². The maximum absolute atomic E-state index is 12.6. The van der Waals surface area contributed by atoms with Crippen LogP contribution in [-0.4, -0.2) is 12.0 Å². The maximum Gasteiger partial charge on any atom is 0.416 e. The number of nitrogens with zero attached hydrogens (tertiary/aromatic N) is 1. The van der Waals surface area contributed by atoms with Gasteiger partial charge in [-0.25, -0.2) is 0 Å². The minimum absolute atomic E-state index is 0.118. The molecule has 0 aliphatic carbocycles. The van der Waals surface area contributed by atoms with Crippen molar-refractivity contribution in [2.45, 2.75) is 18.6 Å². The van der Waals surface area contributed by atoms with Crippen molar-refractivity contribution in [3.63, 3.8) is 0 Å². The maximum atomic E-state index is 12.6. The predicted molar refractivity (Wildman–Crippen MR) is 76.2 cm³/mol. The molecule has 2 aromatic rings. The van der Waals surface area contributed by atoms with Crippen molar-refractivity contribution in [1.29, 1.82) is 0 Å². The first-order valence-electron chi connectivity index (χ1n) is 6.34. The molecule has 1 atom stereocenters. The molecule has 2 rings (SSSR count). The largest absolute Gasteiger partial charge is 0.416 e. The van der Waals surface area contributed by atoms with Gasteiger partial charge in [-0.3, -0.25) is 4.98 Å². The fourth-order valence-electron chi connectivity index (χ4n) is 2.08. The van der Waals surface area contributed by atoms with Crippen LogP contribution in [-0.2, 0) is 12.6 Å². The number of hydrogen-bond donors (Lipinski definition) is 1. The summed E-state index contributed by atoms with van der Waals surface area (Å²) in [4.78, 5) is 3.91. The van der Waals surface area contributed by atoms with Gasteiger partial charge in [0.05, 0.1) is 10.6 Å². The molecule has 112 valence electrons. The molecule has 1 aromatic carbocycles. The van der Waals surface area contributed by atoms with Gasteiger partial charge in [0.15, 0.2) is 0 Å². The monoisotopic (exact) mass is 314 g/mol. The minimum Gasteiger partial charge on any atom is -0.313 e. The number of rotatable bonds is 4. The minimum atomic E-state index is -4.32. The molecule has 0 aliphatic heterocycles. The summed E-state index contributed by atoms with van der Waals surface area (Å²) in [5.74, 6) is 0. The molecule has 0 bridgehead atoms. The molecule has 6 heteroatoms. The quantitative estimate of drug-likeness (QED) is 0.912. The normalized spacial score (nSPS) is 13.2. The van der Waals surface area contributed by atoms with E-state index in [1.807, 2.05) is 0 Å². The third kappa shape index (κ3) is 3.95. The zero-order chi connectivity index (χ0) is 15.5. The Labute approximate surface area is 126 Å². The van der Waals surface area contributed by atoms with E-state index < -0.39 is 11.7 Å². The average molecular weight is 315 g/mol. The van der Waals surface area contributed by atoms with E-state index in [2.05, 4.69) is 10.3 Å². The lowest BCUT2D eigenvalue weighted by Gasteiger charge is -2.18. The van der Waals surface area contributed by atoms with Crippen LogP contribution in [0.2, 0.25) is 5.02 Å². The molecule has 0 saturated carbocycles. The molecule has 0 amide bonds. The molecule has 1 N–H and O–H groups in total. The molecule has 0 aliphatic rings. The predicted octanol–water partition coefficient (Wildman–Crippen LogP) is 4.26. The Kier molecular flexibility index (Phi) is 4.85. The van der Waals surface area contributed by atoms with Crippen molar-refractivity contribution < 1.29 is 13.2 Å². The highest BCUT2D eigenvalue weighted by molar-refractivity contribution is 6.31. The summed E-state index contributed by atoms with van der Waals surface area (Å²) >= 11 is 6.06. The molecular weight excluding hydrogens is 301 g/mol. The van der Waals surface area contributed by atoms with Gasteiger partial charge in [0.2, 0.25) is 0 Å². The number of hydrogen-bond acceptors (Lipinski definition) is 2. The average Bonchev–Trinajstić information content (AvgIpc) is 2.46. The topological polar surface area (TPSA) is 24.9 Å². The lowest BCUT2D eigenvalue weighted by Crippen LogP contribution is -2.19. The Balaban J connectivity index is 2.20. The van der Waals surface area contributed by atoms with Crippen LogP contribution >= 0.6 is 11.6 Å². The van der Waals surface area contributed by atoms with Crippen LogP contribution in [0.25, 0.3) is 0 Å². The van der Waals surface area contributed by atoms with Crippen molar-refractivity contribution in [2.75, 3.05) is 7.05 Å². The van der Waals surface area contributed by atoms with E-state index in [1.54, 1.807) is 25.5 Å². The van der Waals surface area contributed by atoms with E-state index in [-0.39, 0.29) is 6.04 Å². The molecule has 1 aromatic heterocycles. The van der Waals surface area contributed by atoms with Crippen molar-refractivity contribution in [3.05, 3.63) is 64.4 Å². The van der Waals surface area contributed by atoms with E-state index in [1.165, 1.54) is 12.1 Å². The Morgan fingerprint density at radius 2 is 1.86 bits per heavy atom. The second-order valence-corrected chi connectivity index (χ2v) is 5.04. The number of benzene rings is 1. The van der Waals surface area contributed by atoms with E-state index in [4.69, 9.17) is 11.6 Å². The fraction of sp³-hybridized carbons (Fsp3) is 0.267. The van der Waals surface area contributed by atoms with E-state index in [0.29, 0.717) is 11.4 Å². The smallest absolute Gasteiger partial charge is 0.313 e. The highest BCUT2D eigenvalue weighted by Crippen LogP contribution is 2.30. The number of alkyl halides is 3. The third-order valence-electron chi connectivity index (χ3n) is 3.27. The molecule has 0 radical (unpaired) electrons. The van der Waals surface area contributed by atoms with Crippen LogP contribution in [0.15, 0.2) is 42.7 Å². The van der Waals surface area contributed by atoms with Crippen molar-refractivity contribution in [2.24, 2.45) is 0 Å². The van der Waals surface area contributed by atoms with Gasteiger partial charge in [0.25, 0.3) is 0 Å². The Hall–Kier alpha value is -1.59. The molecular formula is C15H14ClF3N2. The fourth-order valence-corrected chi connectivity index (χ4v) is 2.28. The Morgan fingerprint density at radius 3 is 2.38 bits per heavy atom. The zero-order valence-electron chi connectivity index (χ0n) is 11.3. The number of aromatic nitrogens is 1. The Bertz CT molecular complexity index is 597. The van der Waals surface area contributed by atoms with Crippen LogP contribution in [0, 0.1) is 0 Å². The lowest BCUT2D eigenvalue weighted by atomic mass is 9.98. The van der Waals surface area contributed by atoms with Crippen molar-refractivity contribution >= 4 is 11.6 Å². The molecule has 2 nitrogen and oxygen atoms in total. The zero-order valence-corrected chi connectivity index (χ0v) is 12.0.